The number of carboxylic acids is 2. The average Bonchev–Trinajstić information content (AvgIpc) is 3.00. The van der Waals surface area contributed by atoms with Gasteiger partial charge in [0.15, 0.2) is 5.12 Å². The van der Waals surface area contributed by atoms with E-state index in [0.717, 1.165) is 11.8 Å². The van der Waals surface area contributed by atoms with Crippen molar-refractivity contribution in [3.63, 3.8) is 0 Å². The van der Waals surface area contributed by atoms with Crippen molar-refractivity contribution < 1.29 is 29.4 Å². The number of likely N-dealkylation sites (tertiary alicyclic amines) is 1. The van der Waals surface area contributed by atoms with E-state index >= 15 is 0 Å². The number of nitrogens with zero attached hydrogens (tertiary/aromatic N) is 1. The molecule has 1 amide bonds. The minimum Gasteiger partial charge on any atom is -0.481 e. The molecule has 0 aromatic heterocycles. The number of hydrogen-bond acceptors (Lipinski definition) is 5. The van der Waals surface area contributed by atoms with E-state index in [-0.39, 0.29) is 17.3 Å². The van der Waals surface area contributed by atoms with Gasteiger partial charge < -0.3 is 15.1 Å². The van der Waals surface area contributed by atoms with Crippen LogP contribution in [0.5, 0.6) is 0 Å². The molecular weight excluding hydrogens is 358 g/mol. The second-order valence-electron chi connectivity index (χ2n) is 6.34. The van der Waals surface area contributed by atoms with Crippen LogP contribution in [0.4, 0.5) is 0 Å². The fraction of sp³-hybridized carbons (Fsp3) is 0.444. The van der Waals surface area contributed by atoms with E-state index in [4.69, 9.17) is 0 Å². The predicted octanol–water partition coefficient (Wildman–Crippen LogP) is 2.03. The SMILES string of the molecule is CC(=O)SCC(C)C(=O)N1[C@H](C(=O)O)C[C@H](C(=O)O)[C@@H]1c1ccccc1. The van der Waals surface area contributed by atoms with Gasteiger partial charge in [-0.3, -0.25) is 14.4 Å². The third-order valence-electron chi connectivity index (χ3n) is 4.45. The fourth-order valence-electron chi connectivity index (χ4n) is 3.23. The summed E-state index contributed by atoms with van der Waals surface area (Å²) in [4.78, 5) is 48.7. The topological polar surface area (TPSA) is 112 Å². The zero-order chi connectivity index (χ0) is 19.4. The second-order valence-corrected chi connectivity index (χ2v) is 7.54. The lowest BCUT2D eigenvalue weighted by Gasteiger charge is -2.32. The molecule has 0 saturated carbocycles. The minimum atomic E-state index is -1.23. The number of thioether (sulfide) groups is 1. The molecule has 0 bridgehead atoms. The fourth-order valence-corrected chi connectivity index (χ4v) is 3.86. The normalized spacial score (nSPS) is 23.5. The number of benzene rings is 1. The Hall–Kier alpha value is -2.35. The lowest BCUT2D eigenvalue weighted by molar-refractivity contribution is -0.151. The first-order valence-electron chi connectivity index (χ1n) is 8.20. The maximum Gasteiger partial charge on any atom is 0.326 e. The van der Waals surface area contributed by atoms with Crippen molar-refractivity contribution in [1.29, 1.82) is 0 Å². The van der Waals surface area contributed by atoms with Crippen LogP contribution in [0.25, 0.3) is 0 Å². The van der Waals surface area contributed by atoms with Crippen molar-refractivity contribution in [1.82, 2.24) is 4.90 Å². The molecule has 1 aliphatic rings. The highest BCUT2D eigenvalue weighted by Gasteiger charge is 2.51. The number of amides is 1. The Morgan fingerprint density at radius 2 is 1.77 bits per heavy atom. The van der Waals surface area contributed by atoms with Crippen LogP contribution < -0.4 is 0 Å². The van der Waals surface area contributed by atoms with Crippen LogP contribution in [0.2, 0.25) is 0 Å². The molecule has 1 aromatic rings. The molecule has 8 heteroatoms. The molecule has 1 saturated heterocycles. The van der Waals surface area contributed by atoms with E-state index < -0.39 is 41.8 Å². The van der Waals surface area contributed by atoms with Gasteiger partial charge in [-0.15, -0.1) is 0 Å². The zero-order valence-corrected chi connectivity index (χ0v) is 15.3. The highest BCUT2D eigenvalue weighted by Crippen LogP contribution is 2.42. The standard InChI is InChI=1S/C18H21NO6S/c1-10(9-26-11(2)20)16(21)19-14(18(24)25)8-13(17(22)23)15(19)12-6-4-3-5-7-12/h3-7,10,13-15H,8-9H2,1-2H3,(H,22,23)(H,24,25)/t10?,13-,14-,15-/m0/s1. The molecule has 140 valence electrons. The highest BCUT2D eigenvalue weighted by atomic mass is 32.2. The van der Waals surface area contributed by atoms with Gasteiger partial charge in [-0.05, 0) is 12.0 Å². The van der Waals surface area contributed by atoms with Gasteiger partial charge in [-0.1, -0.05) is 49.0 Å². The first kappa shape index (κ1) is 20.0. The van der Waals surface area contributed by atoms with Gasteiger partial charge in [0.05, 0.1) is 12.0 Å². The summed E-state index contributed by atoms with van der Waals surface area (Å²) in [5.74, 6) is -4.21. The predicted molar refractivity (Wildman–Crippen MR) is 95.5 cm³/mol. The number of hydrogen-bond donors (Lipinski definition) is 2. The van der Waals surface area contributed by atoms with Crippen LogP contribution in [0, 0.1) is 11.8 Å². The Kier molecular flexibility index (Phi) is 6.42. The summed E-state index contributed by atoms with van der Waals surface area (Å²) in [6.07, 6.45) is -0.150. The smallest absolute Gasteiger partial charge is 0.326 e. The van der Waals surface area contributed by atoms with E-state index in [1.807, 2.05) is 0 Å². The summed E-state index contributed by atoms with van der Waals surface area (Å²) >= 11 is 0.990. The lowest BCUT2D eigenvalue weighted by Crippen LogP contribution is -2.45. The van der Waals surface area contributed by atoms with E-state index in [1.165, 1.54) is 11.8 Å². The maximum absolute atomic E-state index is 13.0. The number of aliphatic carboxylic acids is 2. The molecule has 1 aromatic carbocycles. The first-order valence-corrected chi connectivity index (χ1v) is 9.18. The first-order chi connectivity index (χ1) is 12.2. The highest BCUT2D eigenvalue weighted by molar-refractivity contribution is 8.13. The molecule has 0 spiro atoms. The molecule has 2 N–H and O–H groups in total. The van der Waals surface area contributed by atoms with Crippen LogP contribution >= 0.6 is 11.8 Å². The summed E-state index contributed by atoms with van der Waals surface area (Å²) in [6.45, 7) is 3.01. The van der Waals surface area contributed by atoms with Gasteiger partial charge in [-0.2, -0.15) is 0 Å². The third-order valence-corrected chi connectivity index (χ3v) is 5.52. The van der Waals surface area contributed by atoms with E-state index in [0.29, 0.717) is 5.56 Å². The maximum atomic E-state index is 13.0. The number of carboxylic acid groups (broad SMARTS) is 2. The van der Waals surface area contributed by atoms with Gasteiger partial charge in [0.25, 0.3) is 0 Å². The van der Waals surface area contributed by atoms with E-state index in [9.17, 15) is 29.4 Å². The van der Waals surface area contributed by atoms with Gasteiger partial charge >= 0.3 is 11.9 Å². The monoisotopic (exact) mass is 379 g/mol. The number of carbonyl (C=O) groups excluding carboxylic acids is 2. The molecular formula is C18H21NO6S. The van der Waals surface area contributed by atoms with Gasteiger partial charge in [0, 0.05) is 18.6 Å². The number of rotatable bonds is 6. The van der Waals surface area contributed by atoms with Gasteiger partial charge in [0.2, 0.25) is 5.91 Å². The number of carbonyl (C=O) groups is 4. The summed E-state index contributed by atoms with van der Waals surface area (Å²) < 4.78 is 0. The third kappa shape index (κ3) is 4.24. The molecule has 4 atom stereocenters. The molecule has 1 unspecified atom stereocenters. The average molecular weight is 379 g/mol. The molecule has 26 heavy (non-hydrogen) atoms. The van der Waals surface area contributed by atoms with Crippen LogP contribution in [0.1, 0.15) is 31.9 Å². The van der Waals surface area contributed by atoms with Crippen molar-refractivity contribution in [2.45, 2.75) is 32.4 Å². The molecule has 1 fully saturated rings. The van der Waals surface area contributed by atoms with E-state index in [2.05, 4.69) is 0 Å². The Labute approximate surface area is 155 Å². The Morgan fingerprint density at radius 3 is 2.27 bits per heavy atom. The summed E-state index contributed by atoms with van der Waals surface area (Å²) in [6, 6.07) is 6.53. The van der Waals surface area contributed by atoms with Crippen molar-refractivity contribution in [2.75, 3.05) is 5.75 Å². The molecule has 1 aliphatic heterocycles. The van der Waals surface area contributed by atoms with E-state index in [1.54, 1.807) is 37.3 Å². The summed E-state index contributed by atoms with van der Waals surface area (Å²) in [5, 5.41) is 19.0. The van der Waals surface area contributed by atoms with Crippen LogP contribution in [-0.2, 0) is 19.2 Å². The molecule has 1 heterocycles. The van der Waals surface area contributed by atoms with Gasteiger partial charge in [0.1, 0.15) is 6.04 Å². The molecule has 7 nitrogen and oxygen atoms in total. The largest absolute Gasteiger partial charge is 0.481 e. The molecule has 2 rings (SSSR count). The Morgan fingerprint density at radius 1 is 1.15 bits per heavy atom. The summed E-state index contributed by atoms with van der Waals surface area (Å²) in [7, 11) is 0. The molecule has 0 radical (unpaired) electrons. The Bertz CT molecular complexity index is 707. The van der Waals surface area contributed by atoms with Crippen molar-refractivity contribution in [2.24, 2.45) is 11.8 Å². The minimum absolute atomic E-state index is 0.135. The Balaban J connectivity index is 2.41. The molecule has 0 aliphatic carbocycles. The van der Waals surface area contributed by atoms with Crippen molar-refractivity contribution in [3.05, 3.63) is 35.9 Å². The summed E-state index contributed by atoms with van der Waals surface area (Å²) in [5.41, 5.74) is 0.587. The van der Waals surface area contributed by atoms with Crippen molar-refractivity contribution in [3.8, 4) is 0 Å². The quantitative estimate of drug-likeness (QED) is 0.778. The second kappa shape index (κ2) is 8.35. The van der Waals surface area contributed by atoms with Crippen LogP contribution in [0.3, 0.4) is 0 Å². The van der Waals surface area contributed by atoms with Crippen LogP contribution in [-0.4, -0.2) is 49.9 Å². The van der Waals surface area contributed by atoms with Gasteiger partial charge in [-0.25, -0.2) is 4.79 Å². The zero-order valence-electron chi connectivity index (χ0n) is 14.5. The van der Waals surface area contributed by atoms with Crippen molar-refractivity contribution >= 4 is 34.7 Å². The lowest BCUT2D eigenvalue weighted by atomic mass is 9.93. The van der Waals surface area contributed by atoms with Crippen LogP contribution in [0.15, 0.2) is 30.3 Å².